The van der Waals surface area contributed by atoms with E-state index in [0.29, 0.717) is 0 Å². The van der Waals surface area contributed by atoms with E-state index < -0.39 is 9.84 Å². The highest BCUT2D eigenvalue weighted by atomic mass is 32.2. The van der Waals surface area contributed by atoms with Crippen molar-refractivity contribution in [2.24, 2.45) is 0 Å². The lowest BCUT2D eigenvalue weighted by Crippen LogP contribution is -2.60. The van der Waals surface area contributed by atoms with Crippen LogP contribution in [0.25, 0.3) is 0 Å². The third kappa shape index (κ3) is 4.24. The molecule has 2 saturated heterocycles. The standard InChI is InChI=1S/C19H25N5O2S/c1-4-15-5-6-16(13-20)24(15)22-19(2)9-11-23(12-10-19)18-8-7-17(14-21-18)27(3,25)26/h1,7-8,14-16,22H,5-6,9-12H2,2-3H3/t15-,16-/m0/s1. The van der Waals surface area contributed by atoms with Gasteiger partial charge in [0.1, 0.15) is 11.9 Å². The minimum atomic E-state index is -3.24. The van der Waals surface area contributed by atoms with Gasteiger partial charge in [0, 0.05) is 31.1 Å². The molecule has 0 amide bonds. The number of anilines is 1. The second-order valence-electron chi connectivity index (χ2n) is 7.60. The van der Waals surface area contributed by atoms with E-state index in [1.54, 1.807) is 12.1 Å². The number of rotatable bonds is 4. The van der Waals surface area contributed by atoms with Crippen molar-refractivity contribution in [3.8, 4) is 18.4 Å². The summed E-state index contributed by atoms with van der Waals surface area (Å²) in [7, 11) is -3.24. The van der Waals surface area contributed by atoms with Gasteiger partial charge in [-0.25, -0.2) is 23.8 Å². The van der Waals surface area contributed by atoms with Gasteiger partial charge in [-0.3, -0.25) is 0 Å². The van der Waals surface area contributed by atoms with Crippen LogP contribution in [0.15, 0.2) is 23.2 Å². The second kappa shape index (κ2) is 7.47. The van der Waals surface area contributed by atoms with E-state index in [9.17, 15) is 13.7 Å². The van der Waals surface area contributed by atoms with Crippen molar-refractivity contribution in [2.45, 2.75) is 55.1 Å². The van der Waals surface area contributed by atoms with Gasteiger partial charge >= 0.3 is 0 Å². The van der Waals surface area contributed by atoms with Crippen LogP contribution in [0, 0.1) is 23.7 Å². The highest BCUT2D eigenvalue weighted by Gasteiger charge is 2.39. The Bertz CT molecular complexity index is 839. The average Bonchev–Trinajstić information content (AvgIpc) is 3.03. The number of hydrogen-bond donors (Lipinski definition) is 1. The molecule has 3 heterocycles. The van der Waals surface area contributed by atoms with E-state index in [2.05, 4.69) is 34.2 Å². The van der Waals surface area contributed by atoms with Crippen molar-refractivity contribution < 1.29 is 8.42 Å². The quantitative estimate of drug-likeness (QED) is 0.780. The zero-order valence-corrected chi connectivity index (χ0v) is 16.5. The normalized spacial score (nSPS) is 25.7. The molecule has 7 nitrogen and oxygen atoms in total. The summed E-state index contributed by atoms with van der Waals surface area (Å²) in [6, 6.07) is 5.46. The lowest BCUT2D eigenvalue weighted by Gasteiger charge is -2.44. The molecule has 0 radical (unpaired) electrons. The Balaban J connectivity index is 1.64. The van der Waals surface area contributed by atoms with Gasteiger partial charge in [-0.2, -0.15) is 5.26 Å². The Morgan fingerprint density at radius 1 is 1.30 bits per heavy atom. The van der Waals surface area contributed by atoms with E-state index in [4.69, 9.17) is 6.42 Å². The van der Waals surface area contributed by atoms with E-state index >= 15 is 0 Å². The fourth-order valence-corrected chi connectivity index (χ4v) is 4.25. The SMILES string of the molecule is C#C[C@H]1CC[C@@H](C#N)N1NC1(C)CCN(c2ccc(S(C)(=O)=O)cn2)CC1. The zero-order chi connectivity index (χ0) is 19.7. The van der Waals surface area contributed by atoms with Crippen molar-refractivity contribution in [2.75, 3.05) is 24.2 Å². The Hall–Kier alpha value is -2.13. The summed E-state index contributed by atoms with van der Waals surface area (Å²) in [4.78, 5) is 6.70. The summed E-state index contributed by atoms with van der Waals surface area (Å²) in [5, 5.41) is 11.3. The molecule has 2 atom stereocenters. The molecule has 2 aliphatic heterocycles. The number of nitrogens with zero attached hydrogens (tertiary/aromatic N) is 4. The molecular formula is C19H25N5O2S. The topological polar surface area (TPSA) is 89.3 Å². The number of aromatic nitrogens is 1. The second-order valence-corrected chi connectivity index (χ2v) is 9.61. The number of sulfone groups is 1. The van der Waals surface area contributed by atoms with Gasteiger partial charge in [-0.15, -0.1) is 6.42 Å². The summed E-state index contributed by atoms with van der Waals surface area (Å²) in [6.45, 7) is 3.74. The van der Waals surface area contributed by atoms with Crippen molar-refractivity contribution in [1.29, 1.82) is 5.26 Å². The largest absolute Gasteiger partial charge is 0.356 e. The molecule has 0 aromatic carbocycles. The predicted octanol–water partition coefficient (Wildman–Crippen LogP) is 1.34. The zero-order valence-electron chi connectivity index (χ0n) is 15.7. The van der Waals surface area contributed by atoms with Gasteiger partial charge in [0.25, 0.3) is 0 Å². The molecule has 3 rings (SSSR count). The van der Waals surface area contributed by atoms with Crippen LogP contribution < -0.4 is 10.3 Å². The smallest absolute Gasteiger partial charge is 0.177 e. The molecule has 1 N–H and O–H groups in total. The van der Waals surface area contributed by atoms with Crippen LogP contribution in [-0.2, 0) is 9.84 Å². The number of nitrogens with one attached hydrogen (secondary N) is 1. The van der Waals surface area contributed by atoms with E-state index in [-0.39, 0.29) is 22.5 Å². The number of piperidine rings is 1. The summed E-state index contributed by atoms with van der Waals surface area (Å²) in [5.74, 6) is 3.56. The highest BCUT2D eigenvalue weighted by Crippen LogP contribution is 2.29. The van der Waals surface area contributed by atoms with Gasteiger partial charge in [0.05, 0.1) is 17.0 Å². The fourth-order valence-electron chi connectivity index (χ4n) is 3.69. The Kier molecular flexibility index (Phi) is 5.43. The van der Waals surface area contributed by atoms with E-state index in [1.165, 1.54) is 12.5 Å². The van der Waals surface area contributed by atoms with E-state index in [1.807, 2.05) is 5.01 Å². The lowest BCUT2D eigenvalue weighted by atomic mass is 9.90. The first-order chi connectivity index (χ1) is 12.8. The average molecular weight is 388 g/mol. The first kappa shape index (κ1) is 19.6. The van der Waals surface area contributed by atoms with Gasteiger partial charge in [-0.1, -0.05) is 5.92 Å². The molecule has 2 aliphatic rings. The molecule has 0 saturated carbocycles. The molecule has 27 heavy (non-hydrogen) atoms. The number of terminal acetylenes is 1. The van der Waals surface area contributed by atoms with Gasteiger partial charge in [0.2, 0.25) is 0 Å². The third-order valence-electron chi connectivity index (χ3n) is 5.47. The third-order valence-corrected chi connectivity index (χ3v) is 6.56. The van der Waals surface area contributed by atoms with Gasteiger partial charge in [0.15, 0.2) is 9.84 Å². The van der Waals surface area contributed by atoms with Crippen LogP contribution >= 0.6 is 0 Å². The molecule has 2 fully saturated rings. The summed E-state index contributed by atoms with van der Waals surface area (Å²) in [5.41, 5.74) is 3.40. The van der Waals surface area contributed by atoms with Crippen molar-refractivity contribution in [1.82, 2.24) is 15.4 Å². The fraction of sp³-hybridized carbons (Fsp3) is 0.579. The molecule has 1 aromatic heterocycles. The maximum atomic E-state index is 11.6. The summed E-state index contributed by atoms with van der Waals surface area (Å²) in [6.07, 6.45) is 11.6. The molecule has 1 aromatic rings. The first-order valence-corrected chi connectivity index (χ1v) is 11.0. The van der Waals surface area contributed by atoms with Gasteiger partial charge < -0.3 is 4.90 Å². The molecule has 8 heteroatoms. The van der Waals surface area contributed by atoms with Crippen LogP contribution in [0.3, 0.4) is 0 Å². The Morgan fingerprint density at radius 2 is 1.96 bits per heavy atom. The van der Waals surface area contributed by atoms with Crippen LogP contribution in [0.2, 0.25) is 0 Å². The van der Waals surface area contributed by atoms with Crippen LogP contribution in [0.4, 0.5) is 5.82 Å². The maximum absolute atomic E-state index is 11.6. The Labute approximate surface area is 161 Å². The first-order valence-electron chi connectivity index (χ1n) is 9.09. The van der Waals surface area contributed by atoms with Crippen LogP contribution in [-0.4, -0.2) is 55.4 Å². The van der Waals surface area contributed by atoms with Crippen LogP contribution in [0.5, 0.6) is 0 Å². The number of hydrogen-bond acceptors (Lipinski definition) is 7. The minimum absolute atomic E-state index is 0.0466. The highest BCUT2D eigenvalue weighted by molar-refractivity contribution is 7.90. The number of hydrazine groups is 1. The lowest BCUT2D eigenvalue weighted by molar-refractivity contribution is 0.0799. The number of pyridine rings is 1. The molecule has 0 spiro atoms. The molecule has 0 bridgehead atoms. The molecular weight excluding hydrogens is 362 g/mol. The summed E-state index contributed by atoms with van der Waals surface area (Å²) < 4.78 is 23.1. The molecule has 0 aliphatic carbocycles. The van der Waals surface area contributed by atoms with Crippen molar-refractivity contribution in [3.63, 3.8) is 0 Å². The van der Waals surface area contributed by atoms with Crippen LogP contribution in [0.1, 0.15) is 32.6 Å². The predicted molar refractivity (Wildman–Crippen MR) is 103 cm³/mol. The molecule has 0 unspecified atom stereocenters. The van der Waals surface area contributed by atoms with Crippen molar-refractivity contribution in [3.05, 3.63) is 18.3 Å². The molecule has 144 valence electrons. The minimum Gasteiger partial charge on any atom is -0.356 e. The Morgan fingerprint density at radius 3 is 2.48 bits per heavy atom. The monoisotopic (exact) mass is 387 g/mol. The number of nitriles is 1. The summed E-state index contributed by atoms with van der Waals surface area (Å²) >= 11 is 0. The maximum Gasteiger partial charge on any atom is 0.177 e. The van der Waals surface area contributed by atoms with Crippen molar-refractivity contribution >= 4 is 15.7 Å². The van der Waals surface area contributed by atoms with E-state index in [0.717, 1.165) is 44.6 Å². The van der Waals surface area contributed by atoms with Gasteiger partial charge in [-0.05, 0) is 44.7 Å².